The van der Waals surface area contributed by atoms with Gasteiger partial charge in [-0.25, -0.2) is 0 Å². The number of hydrogen-bond acceptors (Lipinski definition) is 7. The van der Waals surface area contributed by atoms with Crippen LogP contribution in [-0.2, 0) is 19.7 Å². The molecule has 14 heteroatoms. The Morgan fingerprint density at radius 2 is 1.20 bits per heavy atom. The van der Waals surface area contributed by atoms with Gasteiger partial charge in [-0.05, 0) is 0 Å². The Morgan fingerprint density at radius 1 is 0.735 bits per heavy atom. The van der Waals surface area contributed by atoms with Crippen molar-refractivity contribution in [3.05, 3.63) is 97.1 Å². The first-order valence-electron chi connectivity index (χ1n) is 14.7. The molecular formula is C35H31F4O7STe2-. The van der Waals surface area contributed by atoms with Crippen LogP contribution in [0.2, 0.25) is 0 Å². The molecule has 4 rings (SSSR count). The van der Waals surface area contributed by atoms with Crippen molar-refractivity contribution < 1.29 is 49.6 Å². The van der Waals surface area contributed by atoms with Crippen molar-refractivity contribution in [2.75, 3.05) is 6.61 Å². The molecule has 0 atom stereocenters. The molecule has 4 aromatic rings. The summed E-state index contributed by atoms with van der Waals surface area (Å²) in [5.41, 5.74) is 2.44. The number of carbonyl (C=O) groups excluding carboxylic acids is 2. The van der Waals surface area contributed by atoms with Gasteiger partial charge in [0.05, 0.1) is 0 Å². The number of ether oxygens (including phenoxy) is 2. The van der Waals surface area contributed by atoms with E-state index in [0.29, 0.717) is 16.9 Å². The number of Topliss-reactive ketones (excluding diaryl/α,β-unsaturated/α-hetero) is 1. The van der Waals surface area contributed by atoms with Crippen LogP contribution >= 0.6 is 0 Å². The Kier molecular flexibility index (Phi) is 12.6. The minimum absolute atomic E-state index is 0.0113. The molecule has 0 N–H and O–H groups in total. The third-order valence-electron chi connectivity index (χ3n) is 7.11. The van der Waals surface area contributed by atoms with Crippen molar-refractivity contribution in [3.8, 4) is 33.8 Å². The monoisotopic (exact) mass is 931 g/mol. The van der Waals surface area contributed by atoms with E-state index in [4.69, 9.17) is 9.47 Å². The second-order valence-electron chi connectivity index (χ2n) is 11.8. The molecule has 0 heterocycles. The number of halogens is 4. The van der Waals surface area contributed by atoms with E-state index in [1.54, 1.807) is 36.4 Å². The van der Waals surface area contributed by atoms with Crippen LogP contribution in [-0.4, -0.2) is 76.6 Å². The van der Waals surface area contributed by atoms with Crippen molar-refractivity contribution >= 4 is 63.2 Å². The summed E-state index contributed by atoms with van der Waals surface area (Å²) >= 11 is -1.48. The van der Waals surface area contributed by atoms with Crippen LogP contribution in [0.25, 0.3) is 22.3 Å². The summed E-state index contributed by atoms with van der Waals surface area (Å²) in [4.78, 5) is 25.0. The Bertz CT molecular complexity index is 1900. The van der Waals surface area contributed by atoms with Crippen LogP contribution in [0.4, 0.5) is 17.6 Å². The van der Waals surface area contributed by atoms with Crippen molar-refractivity contribution in [1.82, 2.24) is 0 Å². The first-order chi connectivity index (χ1) is 22.9. The minimum atomic E-state index is -6.67. The molecule has 0 amide bonds. The molecule has 49 heavy (non-hydrogen) atoms. The van der Waals surface area contributed by atoms with E-state index in [9.17, 15) is 40.1 Å². The van der Waals surface area contributed by atoms with Gasteiger partial charge in [-0.1, -0.05) is 0 Å². The topological polar surface area (TPSA) is 110 Å². The second-order valence-corrected chi connectivity index (χ2v) is 23.3. The van der Waals surface area contributed by atoms with Crippen LogP contribution < -0.4 is 16.7 Å². The molecule has 0 radical (unpaired) electrons. The summed E-state index contributed by atoms with van der Waals surface area (Å²) in [5.74, 6) is -5.97. The van der Waals surface area contributed by atoms with Crippen molar-refractivity contribution in [1.29, 1.82) is 0 Å². The average Bonchev–Trinajstić information content (AvgIpc) is 3.05. The summed E-state index contributed by atoms with van der Waals surface area (Å²) in [6, 6.07) is 29.6. The van der Waals surface area contributed by atoms with Crippen molar-refractivity contribution in [3.63, 3.8) is 0 Å². The molecule has 0 saturated carbocycles. The summed E-state index contributed by atoms with van der Waals surface area (Å²) in [6.07, 6.45) is -3.17. The summed E-state index contributed by atoms with van der Waals surface area (Å²) in [5, 5.41) is -5.88. The number of benzene rings is 4. The Balaban J connectivity index is 1.54. The third kappa shape index (κ3) is 10.1. The first-order valence-corrected chi connectivity index (χ1v) is 25.8. The molecule has 0 aliphatic rings. The molecule has 0 aliphatic carbocycles. The predicted octanol–water partition coefficient (Wildman–Crippen LogP) is 5.75. The third-order valence-corrected chi connectivity index (χ3v) is 19.8. The molecule has 0 fully saturated rings. The molecule has 260 valence electrons. The quantitative estimate of drug-likeness (QED) is 0.0522. The van der Waals surface area contributed by atoms with Crippen LogP contribution in [0.5, 0.6) is 11.5 Å². The fraction of sp³-hybridized carbons (Fsp3) is 0.257. The number of carbonyl (C=O) groups is 2. The molecule has 0 aliphatic heterocycles. The molecule has 0 spiro atoms. The van der Waals surface area contributed by atoms with Crippen LogP contribution in [0.15, 0.2) is 97.1 Å². The number of alkyl halides is 4. The maximum absolute atomic E-state index is 13.9. The zero-order valence-corrected chi connectivity index (χ0v) is 31.9. The standard InChI is InChI=1S/C35H32F4O7STe2/c1-33(2,3)31(40)22-45-29-16-14-25(20-27(29)23-10-6-4-7-11-23)48-49-26-15-17-30(28(21-26)24-12-8-5-9-13-24)46-32(41)18-19-34(36,37)35(38,39)47(42,43)44/h4-17,20-21H,18-19,22H2,1-3H3,(H,42,43,44)/p-1. The van der Waals surface area contributed by atoms with E-state index in [-0.39, 0.29) is 18.1 Å². The van der Waals surface area contributed by atoms with E-state index in [2.05, 4.69) is 6.07 Å². The fourth-order valence-corrected chi connectivity index (χ4v) is 14.6. The average molecular weight is 927 g/mol. The van der Waals surface area contributed by atoms with Crippen LogP contribution in [0, 0.1) is 5.41 Å². The molecule has 0 unspecified atom stereocenters. The van der Waals surface area contributed by atoms with E-state index < -0.39 is 79.6 Å². The molecule has 7 nitrogen and oxygen atoms in total. The van der Waals surface area contributed by atoms with Crippen LogP contribution in [0.1, 0.15) is 33.6 Å². The van der Waals surface area contributed by atoms with E-state index in [1.165, 1.54) is 6.07 Å². The molecule has 0 bridgehead atoms. The maximum atomic E-state index is 13.9. The normalized spacial score (nSPS) is 12.4. The summed E-state index contributed by atoms with van der Waals surface area (Å²) in [7, 11) is -6.67. The zero-order chi connectivity index (χ0) is 36.0. The number of ketones is 1. The zero-order valence-electron chi connectivity index (χ0n) is 26.5. The van der Waals surface area contributed by atoms with Gasteiger partial charge >= 0.3 is 300 Å². The van der Waals surface area contributed by atoms with Gasteiger partial charge in [0.1, 0.15) is 0 Å². The SMILES string of the molecule is CC(C)(C)C(=O)COc1ccc([Te][Te]c2ccc(OC(=O)CCC(F)(F)C(F)(F)S(=O)(=O)[O-])c(-c3ccccc3)c2)cc1-c1ccccc1. The van der Waals surface area contributed by atoms with Gasteiger partial charge in [0, 0.05) is 0 Å². The Labute approximate surface area is 298 Å². The van der Waals surface area contributed by atoms with Gasteiger partial charge < -0.3 is 0 Å². The van der Waals surface area contributed by atoms with Gasteiger partial charge in [-0.2, -0.15) is 0 Å². The molecule has 0 aromatic heterocycles. The predicted molar refractivity (Wildman–Crippen MR) is 179 cm³/mol. The fourth-order valence-electron chi connectivity index (χ4n) is 4.24. The second kappa shape index (κ2) is 15.9. The number of hydrogen-bond donors (Lipinski definition) is 0. The molecular weight excluding hydrogens is 896 g/mol. The van der Waals surface area contributed by atoms with Gasteiger partial charge in [0.2, 0.25) is 0 Å². The number of rotatable bonds is 14. The Morgan fingerprint density at radius 3 is 1.67 bits per heavy atom. The van der Waals surface area contributed by atoms with Crippen molar-refractivity contribution in [2.45, 2.75) is 44.8 Å². The molecule has 0 saturated heterocycles. The summed E-state index contributed by atoms with van der Waals surface area (Å²) < 4.78 is 100. The Hall–Kier alpha value is -2.97. The van der Waals surface area contributed by atoms with Gasteiger partial charge in [-0.15, -0.1) is 0 Å². The first kappa shape index (κ1) is 38.8. The van der Waals surface area contributed by atoms with Crippen molar-refractivity contribution in [2.24, 2.45) is 5.41 Å². The van der Waals surface area contributed by atoms with E-state index in [1.807, 2.05) is 69.3 Å². The van der Waals surface area contributed by atoms with Crippen LogP contribution in [0.3, 0.4) is 0 Å². The van der Waals surface area contributed by atoms with Gasteiger partial charge in [0.15, 0.2) is 0 Å². The number of esters is 1. The summed E-state index contributed by atoms with van der Waals surface area (Å²) in [6.45, 7) is 5.48. The van der Waals surface area contributed by atoms with E-state index >= 15 is 0 Å². The molecule has 4 aromatic carbocycles. The van der Waals surface area contributed by atoms with E-state index in [0.717, 1.165) is 18.3 Å². The van der Waals surface area contributed by atoms with Gasteiger partial charge in [0.25, 0.3) is 0 Å². The van der Waals surface area contributed by atoms with Gasteiger partial charge in [-0.3, -0.25) is 0 Å².